The SMILES string of the molecule is CCCCCCCC/C=C\CCCCCCCCC(C)C(C(C)CCCCCCCC/C=C\CCCCCCCC)N(C)C. The summed E-state index contributed by atoms with van der Waals surface area (Å²) in [4.78, 5) is 2.54. The second-order valence-corrected chi connectivity index (χ2v) is 14.9. The molecule has 0 saturated carbocycles. The highest BCUT2D eigenvalue weighted by Gasteiger charge is 2.24. The van der Waals surface area contributed by atoms with E-state index in [1.807, 2.05) is 0 Å². The second-order valence-electron chi connectivity index (χ2n) is 14.9. The van der Waals surface area contributed by atoms with Gasteiger partial charge < -0.3 is 4.90 Å². The zero-order valence-electron chi connectivity index (χ0n) is 31.7. The molecule has 0 fully saturated rings. The van der Waals surface area contributed by atoms with Crippen LogP contribution in [0.4, 0.5) is 0 Å². The minimum Gasteiger partial charge on any atom is -0.306 e. The minimum absolute atomic E-state index is 0.737. The van der Waals surface area contributed by atoms with E-state index in [1.54, 1.807) is 0 Å². The van der Waals surface area contributed by atoms with Crippen molar-refractivity contribution in [1.29, 1.82) is 0 Å². The summed E-state index contributed by atoms with van der Waals surface area (Å²) in [5, 5.41) is 0. The molecular weight excluding hydrogens is 530 g/mol. The van der Waals surface area contributed by atoms with E-state index < -0.39 is 0 Å². The molecule has 0 N–H and O–H groups in total. The van der Waals surface area contributed by atoms with Gasteiger partial charge in [-0.2, -0.15) is 0 Å². The summed E-state index contributed by atoms with van der Waals surface area (Å²) < 4.78 is 0. The zero-order chi connectivity index (χ0) is 32.4. The quantitative estimate of drug-likeness (QED) is 0.0506. The van der Waals surface area contributed by atoms with Gasteiger partial charge in [0.25, 0.3) is 0 Å². The Hall–Kier alpha value is -0.560. The van der Waals surface area contributed by atoms with Crippen LogP contribution in [-0.4, -0.2) is 25.0 Å². The van der Waals surface area contributed by atoms with Crippen molar-refractivity contribution in [2.75, 3.05) is 14.1 Å². The fourth-order valence-corrected chi connectivity index (χ4v) is 7.35. The molecule has 0 amide bonds. The molecule has 0 aliphatic carbocycles. The van der Waals surface area contributed by atoms with E-state index in [-0.39, 0.29) is 0 Å². The number of rotatable bonds is 35. The Morgan fingerprint density at radius 1 is 0.364 bits per heavy atom. The average Bonchev–Trinajstić information content (AvgIpc) is 3.00. The molecule has 0 aromatic heterocycles. The highest BCUT2D eigenvalue weighted by molar-refractivity contribution is 4.82. The molecule has 0 aliphatic rings. The van der Waals surface area contributed by atoms with Gasteiger partial charge in [0.2, 0.25) is 0 Å². The van der Waals surface area contributed by atoms with E-state index in [1.165, 1.54) is 193 Å². The van der Waals surface area contributed by atoms with E-state index >= 15 is 0 Å². The number of hydrogen-bond donors (Lipinski definition) is 0. The van der Waals surface area contributed by atoms with Crippen molar-refractivity contribution in [3.05, 3.63) is 24.3 Å². The van der Waals surface area contributed by atoms with E-state index in [0.29, 0.717) is 0 Å². The number of nitrogens with zero attached hydrogens (tertiary/aromatic N) is 1. The highest BCUT2D eigenvalue weighted by Crippen LogP contribution is 2.27. The number of allylic oxidation sites excluding steroid dienone is 4. The van der Waals surface area contributed by atoms with E-state index in [2.05, 4.69) is 71.0 Å². The molecule has 2 unspecified atom stereocenters. The minimum atomic E-state index is 0.737. The number of unbranched alkanes of at least 4 members (excludes halogenated alkanes) is 24. The summed E-state index contributed by atoms with van der Waals surface area (Å²) in [5.41, 5.74) is 0. The lowest BCUT2D eigenvalue weighted by Gasteiger charge is -2.35. The zero-order valence-corrected chi connectivity index (χ0v) is 31.7. The fraction of sp³-hybridized carbons (Fsp3) is 0.907. The topological polar surface area (TPSA) is 3.24 Å². The molecule has 0 aromatic rings. The van der Waals surface area contributed by atoms with Crippen molar-refractivity contribution < 1.29 is 0 Å². The Morgan fingerprint density at radius 3 is 0.886 bits per heavy atom. The maximum Gasteiger partial charge on any atom is 0.0140 e. The Kier molecular flexibility index (Phi) is 34.8. The summed E-state index contributed by atoms with van der Waals surface area (Å²) in [6.07, 6.45) is 51.8. The standard InChI is InChI=1S/C43H85N/c1-7-9-11-13-15-17-19-21-23-25-27-29-31-33-35-37-39-41(3)43(44(5)6)42(4)40-38-36-34-32-30-28-26-24-22-20-18-16-14-12-10-8-2/h21-24,41-43H,7-20,25-40H2,1-6H3/b23-21-,24-22-. The molecule has 0 radical (unpaired) electrons. The van der Waals surface area contributed by atoms with Crippen molar-refractivity contribution in [3.63, 3.8) is 0 Å². The molecular formula is C43H85N. The first-order valence-corrected chi connectivity index (χ1v) is 20.5. The predicted molar refractivity (Wildman–Crippen MR) is 204 cm³/mol. The lowest BCUT2D eigenvalue weighted by atomic mass is 9.83. The van der Waals surface area contributed by atoms with Gasteiger partial charge in [-0.1, -0.05) is 180 Å². The lowest BCUT2D eigenvalue weighted by Crippen LogP contribution is -2.39. The van der Waals surface area contributed by atoms with Crippen molar-refractivity contribution in [1.82, 2.24) is 4.90 Å². The highest BCUT2D eigenvalue weighted by atomic mass is 15.1. The molecule has 0 saturated heterocycles. The first kappa shape index (κ1) is 43.4. The van der Waals surface area contributed by atoms with Crippen LogP contribution < -0.4 is 0 Å². The van der Waals surface area contributed by atoms with Gasteiger partial charge >= 0.3 is 0 Å². The smallest absolute Gasteiger partial charge is 0.0140 e. The number of hydrogen-bond acceptors (Lipinski definition) is 1. The van der Waals surface area contributed by atoms with Crippen LogP contribution in [0.25, 0.3) is 0 Å². The third-order valence-electron chi connectivity index (χ3n) is 10.1. The summed E-state index contributed by atoms with van der Waals surface area (Å²) in [6.45, 7) is 9.65. The lowest BCUT2D eigenvalue weighted by molar-refractivity contribution is 0.142. The molecule has 0 aromatic carbocycles. The van der Waals surface area contributed by atoms with Gasteiger partial charge in [-0.3, -0.25) is 0 Å². The van der Waals surface area contributed by atoms with Crippen LogP contribution in [0.3, 0.4) is 0 Å². The van der Waals surface area contributed by atoms with Gasteiger partial charge in [-0.25, -0.2) is 0 Å². The van der Waals surface area contributed by atoms with Gasteiger partial charge in [0.1, 0.15) is 0 Å². The monoisotopic (exact) mass is 616 g/mol. The second kappa shape index (κ2) is 35.3. The molecule has 0 rings (SSSR count). The van der Waals surface area contributed by atoms with Crippen molar-refractivity contribution in [2.24, 2.45) is 11.8 Å². The summed E-state index contributed by atoms with van der Waals surface area (Å²) in [6, 6.07) is 0.737. The van der Waals surface area contributed by atoms with Crippen LogP contribution in [0.5, 0.6) is 0 Å². The van der Waals surface area contributed by atoms with E-state index in [9.17, 15) is 0 Å². The van der Waals surface area contributed by atoms with E-state index in [4.69, 9.17) is 0 Å². The Bertz CT molecular complexity index is 542. The molecule has 0 bridgehead atoms. The first-order chi connectivity index (χ1) is 21.5. The van der Waals surface area contributed by atoms with Crippen LogP contribution in [0.2, 0.25) is 0 Å². The van der Waals surface area contributed by atoms with Gasteiger partial charge in [0.15, 0.2) is 0 Å². The van der Waals surface area contributed by atoms with Crippen molar-refractivity contribution in [3.8, 4) is 0 Å². The summed E-state index contributed by atoms with van der Waals surface area (Å²) >= 11 is 0. The summed E-state index contributed by atoms with van der Waals surface area (Å²) in [7, 11) is 4.64. The maximum atomic E-state index is 2.54. The van der Waals surface area contributed by atoms with Crippen LogP contribution in [0.1, 0.15) is 220 Å². The molecule has 0 aliphatic heterocycles. The van der Waals surface area contributed by atoms with Crippen LogP contribution >= 0.6 is 0 Å². The van der Waals surface area contributed by atoms with Crippen LogP contribution in [0.15, 0.2) is 24.3 Å². The van der Waals surface area contributed by atoms with Gasteiger partial charge in [0, 0.05) is 6.04 Å². The first-order valence-electron chi connectivity index (χ1n) is 20.5. The van der Waals surface area contributed by atoms with Crippen molar-refractivity contribution >= 4 is 0 Å². The molecule has 1 heteroatoms. The van der Waals surface area contributed by atoms with Crippen molar-refractivity contribution in [2.45, 2.75) is 226 Å². The van der Waals surface area contributed by atoms with Gasteiger partial charge in [-0.05, 0) is 90.1 Å². The Labute approximate surface area is 280 Å². The predicted octanol–water partition coefficient (Wildman–Crippen LogP) is 15.0. The third-order valence-corrected chi connectivity index (χ3v) is 10.1. The van der Waals surface area contributed by atoms with E-state index in [0.717, 1.165) is 17.9 Å². The summed E-state index contributed by atoms with van der Waals surface area (Å²) in [5.74, 6) is 1.62. The normalized spacial score (nSPS) is 14.3. The maximum absolute atomic E-state index is 2.54. The average molecular weight is 616 g/mol. The molecule has 44 heavy (non-hydrogen) atoms. The molecule has 262 valence electrons. The van der Waals surface area contributed by atoms with Gasteiger partial charge in [-0.15, -0.1) is 0 Å². The van der Waals surface area contributed by atoms with Crippen LogP contribution in [0, 0.1) is 11.8 Å². The Morgan fingerprint density at radius 2 is 0.614 bits per heavy atom. The van der Waals surface area contributed by atoms with Gasteiger partial charge in [0.05, 0.1) is 0 Å². The molecule has 0 spiro atoms. The third kappa shape index (κ3) is 30.1. The molecule has 0 heterocycles. The largest absolute Gasteiger partial charge is 0.306 e. The Balaban J connectivity index is 3.71. The molecule has 2 atom stereocenters. The molecule has 1 nitrogen and oxygen atoms in total. The van der Waals surface area contributed by atoms with Crippen LogP contribution in [-0.2, 0) is 0 Å². The fourth-order valence-electron chi connectivity index (χ4n) is 7.35.